The molecule has 1 saturated heterocycles. The highest BCUT2D eigenvalue weighted by molar-refractivity contribution is 5.96. The average Bonchev–Trinajstić information content (AvgIpc) is 2.77. The second-order valence-electron chi connectivity index (χ2n) is 8.24. The molecule has 0 bridgehead atoms. The second kappa shape index (κ2) is 8.30. The number of primary amides is 1. The molecule has 156 valence electrons. The minimum absolute atomic E-state index is 0.0147. The molecule has 3 amide bonds. The van der Waals surface area contributed by atoms with Gasteiger partial charge in [-0.15, -0.1) is 0 Å². The topological polar surface area (TPSA) is 83.7 Å². The number of benzene rings is 2. The summed E-state index contributed by atoms with van der Waals surface area (Å²) in [6, 6.07) is 14.8. The molecule has 2 aromatic rings. The fourth-order valence-corrected chi connectivity index (χ4v) is 4.56. The molecular formula is C24H27N3O3. The van der Waals surface area contributed by atoms with Gasteiger partial charge in [0.05, 0.1) is 0 Å². The molecule has 6 heteroatoms. The van der Waals surface area contributed by atoms with Gasteiger partial charge in [0.25, 0.3) is 5.91 Å². The van der Waals surface area contributed by atoms with Crippen molar-refractivity contribution < 1.29 is 14.4 Å². The van der Waals surface area contributed by atoms with Gasteiger partial charge in [-0.25, -0.2) is 0 Å². The fraction of sp³-hybridized carbons (Fsp3) is 0.375. The third-order valence-corrected chi connectivity index (χ3v) is 6.37. The quantitative estimate of drug-likeness (QED) is 0.850. The van der Waals surface area contributed by atoms with E-state index in [2.05, 4.69) is 0 Å². The highest BCUT2D eigenvalue weighted by atomic mass is 16.2. The molecule has 2 N–H and O–H groups in total. The van der Waals surface area contributed by atoms with E-state index in [9.17, 15) is 14.4 Å². The van der Waals surface area contributed by atoms with Crippen molar-refractivity contribution in [3.05, 3.63) is 70.8 Å². The molecule has 2 aromatic carbocycles. The highest BCUT2D eigenvalue weighted by Crippen LogP contribution is 2.28. The Kier molecular flexibility index (Phi) is 5.57. The lowest BCUT2D eigenvalue weighted by atomic mass is 9.89. The van der Waals surface area contributed by atoms with E-state index in [1.54, 1.807) is 4.90 Å². The summed E-state index contributed by atoms with van der Waals surface area (Å²) in [5, 5.41) is 0. The zero-order valence-corrected chi connectivity index (χ0v) is 17.2. The summed E-state index contributed by atoms with van der Waals surface area (Å²) in [4.78, 5) is 41.7. The molecule has 0 spiro atoms. The van der Waals surface area contributed by atoms with E-state index >= 15 is 0 Å². The molecule has 0 radical (unpaired) electrons. The number of rotatable bonds is 3. The van der Waals surface area contributed by atoms with Crippen LogP contribution in [-0.4, -0.2) is 46.7 Å². The number of nitrogens with zero attached hydrogens (tertiary/aromatic N) is 2. The molecule has 0 unspecified atom stereocenters. The number of piperidine rings is 1. The van der Waals surface area contributed by atoms with Crippen molar-refractivity contribution in [3.8, 4) is 0 Å². The fourth-order valence-electron chi connectivity index (χ4n) is 4.56. The summed E-state index contributed by atoms with van der Waals surface area (Å²) in [7, 11) is 0. The van der Waals surface area contributed by atoms with E-state index in [0.29, 0.717) is 44.5 Å². The SMILES string of the molecule is Cc1ccccc1C(=O)N1CCC(C(=O)N2Cc3ccccc3C[C@H]2C(N)=O)CC1. The Balaban J connectivity index is 1.44. The number of fused-ring (bicyclic) bond motifs is 1. The molecule has 6 nitrogen and oxygen atoms in total. The summed E-state index contributed by atoms with van der Waals surface area (Å²) in [6.07, 6.45) is 1.65. The van der Waals surface area contributed by atoms with Crippen LogP contribution in [0.5, 0.6) is 0 Å². The van der Waals surface area contributed by atoms with Crippen LogP contribution >= 0.6 is 0 Å². The van der Waals surface area contributed by atoms with Gasteiger partial charge in [-0.3, -0.25) is 14.4 Å². The van der Waals surface area contributed by atoms with Gasteiger partial charge in [0, 0.05) is 37.5 Å². The summed E-state index contributed by atoms with van der Waals surface area (Å²) in [6.45, 7) is 3.41. The minimum Gasteiger partial charge on any atom is -0.368 e. The first-order valence-corrected chi connectivity index (χ1v) is 10.5. The predicted octanol–water partition coefficient (Wildman–Crippen LogP) is 2.29. The van der Waals surface area contributed by atoms with Crippen LogP contribution in [0.15, 0.2) is 48.5 Å². The first-order valence-electron chi connectivity index (χ1n) is 10.5. The average molecular weight is 405 g/mol. The van der Waals surface area contributed by atoms with Crippen LogP contribution in [0.4, 0.5) is 0 Å². The van der Waals surface area contributed by atoms with E-state index in [0.717, 1.165) is 16.7 Å². The molecule has 2 aliphatic heterocycles. The monoisotopic (exact) mass is 405 g/mol. The standard InChI is InChI=1S/C24H27N3O3/c1-16-6-2-5-9-20(16)24(30)26-12-10-17(11-13-26)23(29)27-15-19-8-4-3-7-18(19)14-21(27)22(25)28/h2-9,17,21H,10-15H2,1H3,(H2,25,28)/t21-/m0/s1. The smallest absolute Gasteiger partial charge is 0.254 e. The number of aryl methyl sites for hydroxylation is 1. The lowest BCUT2D eigenvalue weighted by molar-refractivity contribution is -0.145. The molecule has 0 saturated carbocycles. The maximum Gasteiger partial charge on any atom is 0.254 e. The Hall–Kier alpha value is -3.15. The van der Waals surface area contributed by atoms with Crippen LogP contribution in [0.3, 0.4) is 0 Å². The van der Waals surface area contributed by atoms with Gasteiger partial charge in [0.15, 0.2) is 0 Å². The summed E-state index contributed by atoms with van der Waals surface area (Å²) < 4.78 is 0. The van der Waals surface area contributed by atoms with Crippen LogP contribution in [0.1, 0.15) is 39.9 Å². The van der Waals surface area contributed by atoms with Crippen molar-refractivity contribution in [3.63, 3.8) is 0 Å². The van der Waals surface area contributed by atoms with Crippen molar-refractivity contribution in [2.75, 3.05) is 13.1 Å². The van der Waals surface area contributed by atoms with Crippen molar-refractivity contribution >= 4 is 17.7 Å². The predicted molar refractivity (Wildman–Crippen MR) is 113 cm³/mol. The van der Waals surface area contributed by atoms with Crippen molar-refractivity contribution in [2.24, 2.45) is 11.7 Å². The number of likely N-dealkylation sites (tertiary alicyclic amines) is 1. The number of hydrogen-bond acceptors (Lipinski definition) is 3. The molecule has 0 aliphatic carbocycles. The third-order valence-electron chi connectivity index (χ3n) is 6.37. The number of amides is 3. The first kappa shape index (κ1) is 20.1. The number of carbonyl (C=O) groups is 3. The van der Waals surface area contributed by atoms with Crippen molar-refractivity contribution in [2.45, 2.75) is 38.8 Å². The van der Waals surface area contributed by atoms with Crippen LogP contribution < -0.4 is 5.73 Å². The Morgan fingerprint density at radius 2 is 1.57 bits per heavy atom. The zero-order chi connectivity index (χ0) is 21.3. The van der Waals surface area contributed by atoms with Gasteiger partial charge in [-0.1, -0.05) is 42.5 Å². The number of hydrogen-bond donors (Lipinski definition) is 1. The highest BCUT2D eigenvalue weighted by Gasteiger charge is 2.38. The van der Waals surface area contributed by atoms with Gasteiger partial charge in [-0.2, -0.15) is 0 Å². The van der Waals surface area contributed by atoms with Gasteiger partial charge in [-0.05, 0) is 42.5 Å². The molecule has 2 aliphatic rings. The summed E-state index contributed by atoms with van der Waals surface area (Å²) >= 11 is 0. The van der Waals surface area contributed by atoms with E-state index < -0.39 is 11.9 Å². The molecule has 2 heterocycles. The van der Waals surface area contributed by atoms with Crippen LogP contribution in [0, 0.1) is 12.8 Å². The number of nitrogens with two attached hydrogens (primary N) is 1. The molecule has 1 fully saturated rings. The van der Waals surface area contributed by atoms with Gasteiger partial charge >= 0.3 is 0 Å². The van der Waals surface area contributed by atoms with Crippen LogP contribution in [-0.2, 0) is 22.6 Å². The van der Waals surface area contributed by atoms with E-state index in [4.69, 9.17) is 5.73 Å². The Morgan fingerprint density at radius 3 is 2.23 bits per heavy atom. The molecule has 1 atom stereocenters. The first-order chi connectivity index (χ1) is 14.5. The third kappa shape index (κ3) is 3.82. The van der Waals surface area contributed by atoms with E-state index in [1.807, 2.05) is 60.4 Å². The minimum atomic E-state index is -0.612. The van der Waals surface area contributed by atoms with E-state index in [-0.39, 0.29) is 17.7 Å². The second-order valence-corrected chi connectivity index (χ2v) is 8.24. The lowest BCUT2D eigenvalue weighted by Crippen LogP contribution is -2.54. The normalized spacial score (nSPS) is 19.3. The molecule has 30 heavy (non-hydrogen) atoms. The molecule has 0 aromatic heterocycles. The largest absolute Gasteiger partial charge is 0.368 e. The van der Waals surface area contributed by atoms with Crippen molar-refractivity contribution in [1.82, 2.24) is 9.80 Å². The van der Waals surface area contributed by atoms with Crippen LogP contribution in [0.2, 0.25) is 0 Å². The molecule has 4 rings (SSSR count). The Morgan fingerprint density at radius 1 is 0.933 bits per heavy atom. The van der Waals surface area contributed by atoms with Gasteiger partial charge < -0.3 is 15.5 Å². The Labute approximate surface area is 176 Å². The lowest BCUT2D eigenvalue weighted by Gasteiger charge is -2.39. The van der Waals surface area contributed by atoms with Crippen LogP contribution in [0.25, 0.3) is 0 Å². The summed E-state index contributed by atoms with van der Waals surface area (Å²) in [5.74, 6) is -0.680. The maximum atomic E-state index is 13.3. The Bertz CT molecular complexity index is 979. The molecular weight excluding hydrogens is 378 g/mol. The maximum absolute atomic E-state index is 13.3. The zero-order valence-electron chi connectivity index (χ0n) is 17.2. The van der Waals surface area contributed by atoms with Crippen molar-refractivity contribution in [1.29, 1.82) is 0 Å². The van der Waals surface area contributed by atoms with E-state index in [1.165, 1.54) is 0 Å². The summed E-state index contributed by atoms with van der Waals surface area (Å²) in [5.41, 5.74) is 9.44. The van der Waals surface area contributed by atoms with Gasteiger partial charge in [0.1, 0.15) is 6.04 Å². The number of carbonyl (C=O) groups excluding carboxylic acids is 3. The van der Waals surface area contributed by atoms with Gasteiger partial charge in [0.2, 0.25) is 11.8 Å².